The first-order chi connectivity index (χ1) is 18.5. The Hall–Kier alpha value is -3.32. The largest absolute Gasteiger partial charge is 0.378 e. The number of carbonyl (C=O) groups excluding carboxylic acids is 1. The summed E-state index contributed by atoms with van der Waals surface area (Å²) >= 11 is 6.29. The zero-order valence-electron chi connectivity index (χ0n) is 20.4. The molecule has 5 rings (SSSR count). The maximum absolute atomic E-state index is 13.8. The lowest BCUT2D eigenvalue weighted by molar-refractivity contribution is 0.0340. The molecule has 39 heavy (non-hydrogen) atoms. The fourth-order valence-electron chi connectivity index (χ4n) is 5.69. The van der Waals surface area contributed by atoms with Crippen molar-refractivity contribution in [3.8, 4) is 11.8 Å². The van der Waals surface area contributed by atoms with Crippen molar-refractivity contribution in [2.24, 2.45) is 11.8 Å². The smallest absolute Gasteiger partial charge is 0.255 e. The number of hydrogen-bond acceptors (Lipinski definition) is 4. The predicted octanol–water partition coefficient (Wildman–Crippen LogP) is 5.75. The van der Waals surface area contributed by atoms with E-state index in [4.69, 9.17) is 11.6 Å². The lowest BCUT2D eigenvalue weighted by atomic mass is 9.77. The molecule has 3 aromatic rings. The molecule has 2 atom stereocenters. The number of anilines is 1. The molecule has 2 N–H and O–H groups in total. The number of aliphatic hydroxyl groups is 1. The lowest BCUT2D eigenvalue weighted by Crippen LogP contribution is -2.45. The first-order valence-electron chi connectivity index (χ1n) is 12.3. The van der Waals surface area contributed by atoms with Gasteiger partial charge in [-0.3, -0.25) is 4.79 Å². The lowest BCUT2D eigenvalue weighted by Gasteiger charge is -2.38. The minimum atomic E-state index is -4.03. The van der Waals surface area contributed by atoms with Gasteiger partial charge in [0.1, 0.15) is 5.60 Å². The van der Waals surface area contributed by atoms with Gasteiger partial charge in [-0.2, -0.15) is 0 Å². The number of amides is 1. The molecule has 2 unspecified atom stereocenters. The number of rotatable bonds is 4. The van der Waals surface area contributed by atoms with E-state index in [1.54, 1.807) is 0 Å². The Labute approximate surface area is 228 Å². The fraction of sp³-hybridized carbons (Fsp3) is 0.276. The van der Waals surface area contributed by atoms with Crippen molar-refractivity contribution < 1.29 is 31.5 Å². The highest BCUT2D eigenvalue weighted by Gasteiger charge is 2.54. The van der Waals surface area contributed by atoms with E-state index < -0.39 is 44.0 Å². The second-order valence-corrected chi connectivity index (χ2v) is 12.5. The molecule has 0 spiro atoms. The van der Waals surface area contributed by atoms with Crippen LogP contribution < -0.4 is 5.32 Å². The summed E-state index contributed by atoms with van der Waals surface area (Å²) < 4.78 is 68.0. The van der Waals surface area contributed by atoms with Crippen molar-refractivity contribution >= 4 is 33.0 Å². The van der Waals surface area contributed by atoms with Crippen LogP contribution in [0.25, 0.3) is 0 Å². The van der Waals surface area contributed by atoms with Crippen LogP contribution >= 0.6 is 11.6 Å². The van der Waals surface area contributed by atoms with Gasteiger partial charge in [0.15, 0.2) is 27.3 Å². The van der Waals surface area contributed by atoms with Gasteiger partial charge >= 0.3 is 0 Å². The standard InChI is InChI=1S/C29H23ClF3NO4S/c30-22-9-8-18(28(35)34-21-13-23(31)26(33)24(32)14-21)12-25(22)39(37,38)27-19-6-7-20(27)16-29(36,15-19)11-10-17-4-2-1-3-5-17/h1-5,8-9,12-14,19-20,27,36H,6-7,15-16H2,(H,34,35)/t19?,20?,27-,29+. The van der Waals surface area contributed by atoms with Gasteiger partial charge in [-0.1, -0.05) is 41.6 Å². The van der Waals surface area contributed by atoms with Crippen LogP contribution in [0.5, 0.6) is 0 Å². The van der Waals surface area contributed by atoms with E-state index in [9.17, 15) is 31.5 Å². The summed E-state index contributed by atoms with van der Waals surface area (Å²) in [6, 6.07) is 14.1. The van der Waals surface area contributed by atoms with Gasteiger partial charge in [0, 0.05) is 28.9 Å². The van der Waals surface area contributed by atoms with Crippen molar-refractivity contribution in [3.63, 3.8) is 0 Å². The van der Waals surface area contributed by atoms with E-state index >= 15 is 0 Å². The Balaban J connectivity index is 1.39. The average molecular weight is 574 g/mol. The Bertz CT molecular complexity index is 1580. The molecule has 2 fully saturated rings. The maximum atomic E-state index is 13.8. The SMILES string of the molecule is O=C(Nc1cc(F)c(F)c(F)c1)c1ccc(Cl)c(S(=O)(=O)[C@H]2C3CCC2C[C@@](O)(C#Cc2ccccc2)C3)c1. The molecule has 0 saturated heterocycles. The van der Waals surface area contributed by atoms with Gasteiger partial charge in [0.25, 0.3) is 5.91 Å². The third-order valence-corrected chi connectivity index (χ3v) is 10.2. The van der Waals surface area contributed by atoms with E-state index in [0.717, 1.165) is 11.6 Å². The molecule has 2 saturated carbocycles. The van der Waals surface area contributed by atoms with Crippen LogP contribution in [0.3, 0.4) is 0 Å². The number of nitrogens with one attached hydrogen (secondary N) is 1. The zero-order chi connectivity index (χ0) is 27.9. The summed E-state index contributed by atoms with van der Waals surface area (Å²) in [5, 5.41) is 12.6. The van der Waals surface area contributed by atoms with Gasteiger partial charge in [-0.15, -0.1) is 0 Å². The highest BCUT2D eigenvalue weighted by Crippen LogP contribution is 2.51. The zero-order valence-corrected chi connectivity index (χ0v) is 22.0. The molecule has 202 valence electrons. The highest BCUT2D eigenvalue weighted by atomic mass is 35.5. The maximum Gasteiger partial charge on any atom is 0.255 e. The second kappa shape index (κ2) is 10.3. The molecule has 3 aromatic carbocycles. The van der Waals surface area contributed by atoms with Crippen molar-refractivity contribution in [1.82, 2.24) is 0 Å². The summed E-state index contributed by atoms with van der Waals surface area (Å²) in [5.41, 5.74) is -1.02. The monoisotopic (exact) mass is 573 g/mol. The van der Waals surface area contributed by atoms with Crippen LogP contribution in [-0.4, -0.2) is 30.3 Å². The molecule has 2 aliphatic carbocycles. The second-order valence-electron chi connectivity index (χ2n) is 10.0. The van der Waals surface area contributed by atoms with E-state index in [1.165, 1.54) is 12.1 Å². The summed E-state index contributed by atoms with van der Waals surface area (Å²) in [6.45, 7) is 0. The van der Waals surface area contributed by atoms with Crippen molar-refractivity contribution in [2.75, 3.05) is 5.32 Å². The molecule has 0 aliphatic heterocycles. The van der Waals surface area contributed by atoms with Gasteiger partial charge in [-0.05, 0) is 67.9 Å². The molecule has 1 amide bonds. The summed E-state index contributed by atoms with van der Waals surface area (Å²) in [4.78, 5) is 12.5. The highest BCUT2D eigenvalue weighted by molar-refractivity contribution is 7.92. The molecule has 0 aromatic heterocycles. The number of halogens is 4. The number of fused-ring (bicyclic) bond motifs is 2. The molecule has 10 heteroatoms. The molecule has 2 aliphatic rings. The van der Waals surface area contributed by atoms with Crippen molar-refractivity contribution in [2.45, 2.75) is 41.4 Å². The average Bonchev–Trinajstić information content (AvgIpc) is 3.20. The van der Waals surface area contributed by atoms with Gasteiger partial charge < -0.3 is 10.4 Å². The number of benzene rings is 3. The molecular formula is C29H23ClF3NO4S. The molecule has 0 radical (unpaired) electrons. The Kier molecular flexibility index (Phi) is 7.23. The van der Waals surface area contributed by atoms with Crippen LogP contribution in [0.1, 0.15) is 41.6 Å². The van der Waals surface area contributed by atoms with E-state index in [0.29, 0.717) is 25.0 Å². The Morgan fingerprint density at radius 2 is 1.59 bits per heavy atom. The number of carbonyl (C=O) groups is 1. The minimum absolute atomic E-state index is 0.0745. The van der Waals surface area contributed by atoms with Crippen LogP contribution in [-0.2, 0) is 9.84 Å². The first-order valence-corrected chi connectivity index (χ1v) is 14.2. The summed E-state index contributed by atoms with van der Waals surface area (Å²) in [5.74, 6) is -0.271. The van der Waals surface area contributed by atoms with Crippen LogP contribution in [0.2, 0.25) is 5.02 Å². The van der Waals surface area contributed by atoms with E-state index in [2.05, 4.69) is 17.2 Å². The topological polar surface area (TPSA) is 83.5 Å². The van der Waals surface area contributed by atoms with Crippen LogP contribution in [0.15, 0.2) is 65.6 Å². The Morgan fingerprint density at radius 3 is 2.21 bits per heavy atom. The van der Waals surface area contributed by atoms with Crippen LogP contribution in [0, 0.1) is 41.1 Å². The van der Waals surface area contributed by atoms with Crippen molar-refractivity contribution in [3.05, 3.63) is 94.3 Å². The molecule has 5 nitrogen and oxygen atoms in total. The fourth-order valence-corrected chi connectivity index (χ4v) is 8.53. The van der Waals surface area contributed by atoms with E-state index in [-0.39, 0.29) is 45.8 Å². The molecule has 0 heterocycles. The third kappa shape index (κ3) is 5.42. The summed E-state index contributed by atoms with van der Waals surface area (Å²) in [6.07, 6.45) is 1.58. The van der Waals surface area contributed by atoms with Gasteiger partial charge in [0.05, 0.1) is 15.2 Å². The van der Waals surface area contributed by atoms with Crippen molar-refractivity contribution in [1.29, 1.82) is 0 Å². The Morgan fingerprint density at radius 1 is 0.974 bits per heavy atom. The summed E-state index contributed by atoms with van der Waals surface area (Å²) in [7, 11) is -4.03. The third-order valence-electron chi connectivity index (χ3n) is 7.35. The first kappa shape index (κ1) is 27.3. The normalized spacial score (nSPS) is 24.1. The molecule has 2 bridgehead atoms. The predicted molar refractivity (Wildman–Crippen MR) is 140 cm³/mol. The van der Waals surface area contributed by atoms with Crippen LogP contribution in [0.4, 0.5) is 18.9 Å². The quantitative estimate of drug-likeness (QED) is 0.307. The number of sulfone groups is 1. The molecular weight excluding hydrogens is 551 g/mol. The van der Waals surface area contributed by atoms with Gasteiger partial charge in [-0.25, -0.2) is 21.6 Å². The minimum Gasteiger partial charge on any atom is -0.378 e. The van der Waals surface area contributed by atoms with E-state index in [1.807, 2.05) is 30.3 Å². The van der Waals surface area contributed by atoms with Gasteiger partial charge in [0.2, 0.25) is 0 Å². The number of hydrogen-bond donors (Lipinski definition) is 2.